The third-order valence-corrected chi connectivity index (χ3v) is 4.47. The van der Waals surface area contributed by atoms with Crippen molar-refractivity contribution in [3.05, 3.63) is 93.9 Å². The Hall–Kier alpha value is -3.14. The molecule has 132 valence electrons. The van der Waals surface area contributed by atoms with E-state index in [-0.39, 0.29) is 5.56 Å². The number of rotatable bonds is 5. The summed E-state index contributed by atoms with van der Waals surface area (Å²) in [6, 6.07) is 19.2. The number of aromatic carboxylic acids is 1. The summed E-state index contributed by atoms with van der Waals surface area (Å²) in [6.45, 7) is 4.63. The number of hydrogen-bond donors (Lipinski definition) is 1. The van der Waals surface area contributed by atoms with Gasteiger partial charge in [-0.15, -0.1) is 0 Å². The van der Waals surface area contributed by atoms with Gasteiger partial charge in [0.05, 0.1) is 6.54 Å². The van der Waals surface area contributed by atoms with Gasteiger partial charge in [0, 0.05) is 6.20 Å². The highest BCUT2D eigenvalue weighted by Gasteiger charge is 2.12. The average molecular weight is 347 g/mol. The first-order valence-corrected chi connectivity index (χ1v) is 8.58. The maximum absolute atomic E-state index is 12.4. The lowest BCUT2D eigenvalue weighted by Crippen LogP contribution is -2.26. The van der Waals surface area contributed by atoms with E-state index < -0.39 is 11.5 Å². The monoisotopic (exact) mass is 347 g/mol. The molecule has 0 saturated carbocycles. The van der Waals surface area contributed by atoms with E-state index in [2.05, 4.69) is 32.0 Å². The molecule has 0 amide bonds. The van der Waals surface area contributed by atoms with Crippen molar-refractivity contribution in [2.45, 2.75) is 26.3 Å². The van der Waals surface area contributed by atoms with Crippen LogP contribution < -0.4 is 5.56 Å². The second-order valence-corrected chi connectivity index (χ2v) is 6.60. The Kier molecular flexibility index (Phi) is 5.03. The molecule has 1 aromatic heterocycles. The smallest absolute Gasteiger partial charge is 0.341 e. The zero-order chi connectivity index (χ0) is 18.7. The lowest BCUT2D eigenvalue weighted by Gasteiger charge is -2.14. The van der Waals surface area contributed by atoms with Gasteiger partial charge in [-0.25, -0.2) is 4.79 Å². The lowest BCUT2D eigenvalue weighted by atomic mass is 9.94. The molecule has 0 atom stereocenters. The van der Waals surface area contributed by atoms with Crippen molar-refractivity contribution in [1.82, 2.24) is 4.57 Å². The Balaban J connectivity index is 2.04. The second kappa shape index (κ2) is 7.40. The van der Waals surface area contributed by atoms with Crippen LogP contribution in [0.25, 0.3) is 11.1 Å². The van der Waals surface area contributed by atoms with Crippen LogP contribution in [0.1, 0.15) is 41.3 Å². The van der Waals surface area contributed by atoms with Crippen molar-refractivity contribution in [3.8, 4) is 11.1 Å². The molecule has 0 saturated heterocycles. The standard InChI is InChI=1S/C22H21NO3/c1-15(2)16-8-5-9-17(13-16)19-10-4-3-7-18(19)14-23-12-6-11-20(21(23)24)22(25)26/h3-13,15H,14H2,1-2H3,(H,25,26). The minimum absolute atomic E-state index is 0.216. The topological polar surface area (TPSA) is 59.3 Å². The third kappa shape index (κ3) is 3.59. The number of pyridine rings is 1. The second-order valence-electron chi connectivity index (χ2n) is 6.60. The maximum atomic E-state index is 12.4. The van der Waals surface area contributed by atoms with Gasteiger partial charge in [0.1, 0.15) is 5.56 Å². The van der Waals surface area contributed by atoms with Gasteiger partial charge < -0.3 is 9.67 Å². The molecule has 0 unspecified atom stereocenters. The van der Waals surface area contributed by atoms with Gasteiger partial charge in [-0.05, 0) is 40.3 Å². The Morgan fingerprint density at radius 3 is 2.54 bits per heavy atom. The fourth-order valence-electron chi connectivity index (χ4n) is 3.01. The third-order valence-electron chi connectivity index (χ3n) is 4.47. The lowest BCUT2D eigenvalue weighted by molar-refractivity contribution is 0.0694. The molecule has 0 aliphatic carbocycles. The fourth-order valence-corrected chi connectivity index (χ4v) is 3.01. The first-order valence-electron chi connectivity index (χ1n) is 8.58. The zero-order valence-electron chi connectivity index (χ0n) is 14.8. The maximum Gasteiger partial charge on any atom is 0.341 e. The van der Waals surface area contributed by atoms with E-state index in [1.54, 1.807) is 12.3 Å². The summed E-state index contributed by atoms with van der Waals surface area (Å²) < 4.78 is 1.44. The number of nitrogens with zero attached hydrogens (tertiary/aromatic N) is 1. The molecule has 0 aliphatic rings. The van der Waals surface area contributed by atoms with E-state index in [1.807, 2.05) is 30.3 Å². The molecule has 0 bridgehead atoms. The van der Waals surface area contributed by atoms with Crippen LogP contribution in [0.15, 0.2) is 71.7 Å². The van der Waals surface area contributed by atoms with Crippen LogP contribution in [0.4, 0.5) is 0 Å². The molecule has 0 aliphatic heterocycles. The van der Waals surface area contributed by atoms with Crippen molar-refractivity contribution < 1.29 is 9.90 Å². The molecular formula is C22H21NO3. The van der Waals surface area contributed by atoms with Gasteiger partial charge in [-0.2, -0.15) is 0 Å². The summed E-state index contributed by atoms with van der Waals surface area (Å²) in [6.07, 6.45) is 1.62. The molecule has 3 aromatic rings. The first kappa shape index (κ1) is 17.7. The van der Waals surface area contributed by atoms with E-state index in [1.165, 1.54) is 16.2 Å². The Labute approximate surface area is 152 Å². The summed E-state index contributed by atoms with van der Waals surface area (Å²) in [4.78, 5) is 23.6. The molecule has 3 rings (SSSR count). The van der Waals surface area contributed by atoms with Gasteiger partial charge in [0.25, 0.3) is 5.56 Å². The predicted molar refractivity (Wildman–Crippen MR) is 103 cm³/mol. The fraction of sp³-hybridized carbons (Fsp3) is 0.182. The minimum Gasteiger partial charge on any atom is -0.477 e. The molecule has 0 fully saturated rings. The highest BCUT2D eigenvalue weighted by atomic mass is 16.4. The molecule has 1 heterocycles. The van der Waals surface area contributed by atoms with Crippen molar-refractivity contribution in [2.75, 3.05) is 0 Å². The number of hydrogen-bond acceptors (Lipinski definition) is 2. The molecule has 0 spiro atoms. The molecule has 4 nitrogen and oxygen atoms in total. The van der Waals surface area contributed by atoms with Crippen LogP contribution in [-0.2, 0) is 6.54 Å². The van der Waals surface area contributed by atoms with Crippen molar-refractivity contribution >= 4 is 5.97 Å². The van der Waals surface area contributed by atoms with Crippen LogP contribution in [0.5, 0.6) is 0 Å². The first-order chi connectivity index (χ1) is 12.5. The highest BCUT2D eigenvalue weighted by molar-refractivity contribution is 5.87. The Morgan fingerprint density at radius 1 is 1.04 bits per heavy atom. The van der Waals surface area contributed by atoms with E-state index >= 15 is 0 Å². The van der Waals surface area contributed by atoms with Crippen LogP contribution in [0, 0.1) is 0 Å². The normalized spacial score (nSPS) is 10.9. The summed E-state index contributed by atoms with van der Waals surface area (Å²) >= 11 is 0. The van der Waals surface area contributed by atoms with Gasteiger partial charge in [0.15, 0.2) is 0 Å². The van der Waals surface area contributed by atoms with Crippen LogP contribution in [0.2, 0.25) is 0 Å². The molecule has 2 aromatic carbocycles. The summed E-state index contributed by atoms with van der Waals surface area (Å²) in [5.41, 5.74) is 3.65. The number of carboxylic acid groups (broad SMARTS) is 1. The van der Waals surface area contributed by atoms with Crippen LogP contribution in [-0.4, -0.2) is 15.6 Å². The summed E-state index contributed by atoms with van der Waals surface area (Å²) in [5, 5.41) is 9.16. The largest absolute Gasteiger partial charge is 0.477 e. The van der Waals surface area contributed by atoms with Crippen LogP contribution >= 0.6 is 0 Å². The average Bonchev–Trinajstić information content (AvgIpc) is 2.63. The number of carboxylic acids is 1. The molecule has 0 radical (unpaired) electrons. The Morgan fingerprint density at radius 2 is 1.81 bits per heavy atom. The molecule has 4 heteroatoms. The van der Waals surface area contributed by atoms with Crippen molar-refractivity contribution in [1.29, 1.82) is 0 Å². The van der Waals surface area contributed by atoms with Crippen LogP contribution in [0.3, 0.4) is 0 Å². The van der Waals surface area contributed by atoms with Gasteiger partial charge in [-0.1, -0.05) is 62.4 Å². The number of benzene rings is 2. The predicted octanol–water partition coefficient (Wildman–Crippen LogP) is 4.39. The quantitative estimate of drug-likeness (QED) is 0.745. The van der Waals surface area contributed by atoms with Crippen molar-refractivity contribution in [3.63, 3.8) is 0 Å². The van der Waals surface area contributed by atoms with Gasteiger partial charge in [-0.3, -0.25) is 4.79 Å². The molecule has 1 N–H and O–H groups in total. The summed E-state index contributed by atoms with van der Waals surface area (Å²) in [7, 11) is 0. The van der Waals surface area contributed by atoms with Gasteiger partial charge >= 0.3 is 5.97 Å². The summed E-state index contributed by atoms with van der Waals surface area (Å²) in [5.74, 6) is -0.778. The van der Waals surface area contributed by atoms with E-state index in [9.17, 15) is 9.59 Å². The van der Waals surface area contributed by atoms with E-state index in [0.717, 1.165) is 16.7 Å². The van der Waals surface area contributed by atoms with Crippen molar-refractivity contribution in [2.24, 2.45) is 0 Å². The molecular weight excluding hydrogens is 326 g/mol. The molecule has 26 heavy (non-hydrogen) atoms. The Bertz CT molecular complexity index is 1000. The van der Waals surface area contributed by atoms with E-state index in [4.69, 9.17) is 5.11 Å². The van der Waals surface area contributed by atoms with Gasteiger partial charge in [0.2, 0.25) is 0 Å². The van der Waals surface area contributed by atoms with E-state index in [0.29, 0.717) is 12.5 Å². The highest BCUT2D eigenvalue weighted by Crippen LogP contribution is 2.27. The zero-order valence-corrected chi connectivity index (χ0v) is 14.8. The minimum atomic E-state index is -1.21. The SMILES string of the molecule is CC(C)c1cccc(-c2ccccc2Cn2cccc(C(=O)O)c2=O)c1. The number of aromatic nitrogens is 1. The number of carbonyl (C=O) groups is 1.